The van der Waals surface area contributed by atoms with Gasteiger partial charge in [-0.2, -0.15) is 0 Å². The van der Waals surface area contributed by atoms with Crippen molar-refractivity contribution in [3.63, 3.8) is 0 Å². The number of thioether (sulfide) groups is 1. The first-order valence-electron chi connectivity index (χ1n) is 10.8. The lowest BCUT2D eigenvalue weighted by atomic mass is 10.0. The number of methoxy groups -OCH3 is 1. The quantitative estimate of drug-likeness (QED) is 0.108. The van der Waals surface area contributed by atoms with Crippen LogP contribution >= 0.6 is 23.1 Å². The molecule has 3 rings (SSSR count). The highest BCUT2D eigenvalue weighted by Crippen LogP contribution is 2.40. The number of nitrogens with one attached hydrogen (secondary N) is 2. The van der Waals surface area contributed by atoms with Gasteiger partial charge in [0, 0.05) is 23.6 Å². The van der Waals surface area contributed by atoms with Gasteiger partial charge in [-0.1, -0.05) is 5.16 Å². The fourth-order valence-corrected chi connectivity index (χ4v) is 5.45. The molecular weight excluding hydrogens is 546 g/mol. The number of fused-ring (bicyclic) bond motifs is 1. The van der Waals surface area contributed by atoms with Crippen molar-refractivity contribution in [2.75, 3.05) is 31.9 Å². The van der Waals surface area contributed by atoms with Gasteiger partial charge in [-0.25, -0.2) is 9.78 Å². The zero-order valence-electron chi connectivity index (χ0n) is 20.5. The molecule has 2 aliphatic rings. The molecule has 2 aliphatic heterocycles. The number of carboxylic acids is 1. The number of esters is 2. The van der Waals surface area contributed by atoms with Crippen LogP contribution in [0.3, 0.4) is 0 Å². The molecule has 1 aromatic heterocycles. The van der Waals surface area contributed by atoms with Crippen molar-refractivity contribution in [2.24, 2.45) is 11.1 Å². The lowest BCUT2D eigenvalue weighted by Crippen LogP contribution is -2.71. The van der Waals surface area contributed by atoms with E-state index in [0.29, 0.717) is 0 Å². The molecule has 17 heteroatoms. The van der Waals surface area contributed by atoms with Crippen LogP contribution in [0, 0.1) is 5.92 Å². The van der Waals surface area contributed by atoms with E-state index in [4.69, 9.17) is 9.57 Å². The fourth-order valence-electron chi connectivity index (χ4n) is 3.43. The molecule has 38 heavy (non-hydrogen) atoms. The van der Waals surface area contributed by atoms with E-state index in [-0.39, 0.29) is 40.2 Å². The average molecular weight is 570 g/mol. The summed E-state index contributed by atoms with van der Waals surface area (Å²) in [6.07, 6.45) is 0. The molecule has 0 radical (unpaired) electrons. The largest absolute Gasteiger partial charge is 0.477 e. The molecule has 0 saturated carbocycles. The van der Waals surface area contributed by atoms with E-state index in [1.807, 2.05) is 0 Å². The highest BCUT2D eigenvalue weighted by atomic mass is 32.2. The van der Waals surface area contributed by atoms with Gasteiger partial charge >= 0.3 is 17.9 Å². The third-order valence-corrected chi connectivity index (χ3v) is 7.41. The molecule has 1 unspecified atom stereocenters. The lowest BCUT2D eigenvalue weighted by Gasteiger charge is -2.49. The Labute approximate surface area is 223 Å². The van der Waals surface area contributed by atoms with Crippen molar-refractivity contribution in [3.05, 3.63) is 22.3 Å². The van der Waals surface area contributed by atoms with E-state index < -0.39 is 53.0 Å². The summed E-state index contributed by atoms with van der Waals surface area (Å²) in [5.74, 6) is -5.80. The second-order valence-corrected chi connectivity index (χ2v) is 9.76. The first-order chi connectivity index (χ1) is 18.0. The topological polar surface area (TPSA) is 203 Å². The van der Waals surface area contributed by atoms with E-state index in [1.54, 1.807) is 0 Å². The number of carbonyl (C=O) groups is 6. The number of carboxylic acid groups (broad SMARTS) is 1. The van der Waals surface area contributed by atoms with Crippen LogP contribution in [-0.4, -0.2) is 94.3 Å². The number of thiazole rings is 1. The summed E-state index contributed by atoms with van der Waals surface area (Å²) in [7, 11) is 2.35. The van der Waals surface area contributed by atoms with E-state index in [2.05, 4.69) is 25.5 Å². The second kappa shape index (κ2) is 12.0. The third-order valence-electron chi connectivity index (χ3n) is 5.31. The SMILES string of the molecule is CON=C(C(=O)N[C@@H]1C(=O)N2C(C(=O)O)=C(COC(C)=O)CS[C@H]12)c1csc(NC(=O)C(C)C(=O)OC)n1. The summed E-state index contributed by atoms with van der Waals surface area (Å²) in [5, 5.41) is 19.0. The van der Waals surface area contributed by atoms with Crippen LogP contribution in [-0.2, 0) is 43.1 Å². The summed E-state index contributed by atoms with van der Waals surface area (Å²) in [6, 6.07) is -1.07. The number of β-lactam (4-membered cyclic amide) rings is 1. The van der Waals surface area contributed by atoms with Crippen molar-refractivity contribution in [1.29, 1.82) is 0 Å². The summed E-state index contributed by atoms with van der Waals surface area (Å²) >= 11 is 2.15. The maximum Gasteiger partial charge on any atom is 0.352 e. The molecule has 0 bridgehead atoms. The monoisotopic (exact) mass is 569 g/mol. The third kappa shape index (κ3) is 5.94. The summed E-state index contributed by atoms with van der Waals surface area (Å²) < 4.78 is 9.42. The summed E-state index contributed by atoms with van der Waals surface area (Å²) in [6.45, 7) is 2.26. The maximum atomic E-state index is 13.0. The summed E-state index contributed by atoms with van der Waals surface area (Å²) in [4.78, 5) is 82.5. The minimum absolute atomic E-state index is 0.0186. The number of carbonyl (C=O) groups excluding carboxylic acids is 5. The number of rotatable bonds is 10. The predicted octanol–water partition coefficient (Wildman–Crippen LogP) is -0.457. The Morgan fingerprint density at radius 2 is 2.00 bits per heavy atom. The van der Waals surface area contributed by atoms with Crippen LogP contribution in [0.15, 0.2) is 21.8 Å². The Hall–Kier alpha value is -3.99. The van der Waals surface area contributed by atoms with Gasteiger partial charge in [0.25, 0.3) is 11.8 Å². The average Bonchev–Trinajstić information content (AvgIpc) is 3.34. The van der Waals surface area contributed by atoms with E-state index in [0.717, 1.165) is 23.3 Å². The van der Waals surface area contributed by atoms with Crippen LogP contribution in [0.4, 0.5) is 5.13 Å². The molecule has 1 fully saturated rings. The molecule has 1 saturated heterocycles. The van der Waals surface area contributed by atoms with Gasteiger partial charge in [-0.15, -0.1) is 23.1 Å². The van der Waals surface area contributed by atoms with Gasteiger partial charge in [-0.3, -0.25) is 28.9 Å². The van der Waals surface area contributed by atoms with Crippen LogP contribution in [0.5, 0.6) is 0 Å². The van der Waals surface area contributed by atoms with Crippen molar-refractivity contribution in [2.45, 2.75) is 25.3 Å². The number of aliphatic carboxylic acids is 1. The highest BCUT2D eigenvalue weighted by molar-refractivity contribution is 8.00. The van der Waals surface area contributed by atoms with Crippen LogP contribution < -0.4 is 10.6 Å². The zero-order valence-corrected chi connectivity index (χ0v) is 22.1. The van der Waals surface area contributed by atoms with Gasteiger partial charge in [0.15, 0.2) is 10.8 Å². The van der Waals surface area contributed by atoms with Gasteiger partial charge in [-0.05, 0) is 6.92 Å². The minimum atomic E-state index is -1.37. The normalized spacial score (nSPS) is 19.5. The van der Waals surface area contributed by atoms with E-state index in [1.165, 1.54) is 38.1 Å². The molecule has 0 aromatic carbocycles. The molecule has 3 heterocycles. The van der Waals surface area contributed by atoms with Crippen molar-refractivity contribution < 1.29 is 48.2 Å². The fraction of sp³-hybridized carbons (Fsp3) is 0.429. The van der Waals surface area contributed by atoms with E-state index in [9.17, 15) is 33.9 Å². The lowest BCUT2D eigenvalue weighted by molar-refractivity contribution is -0.150. The molecule has 3 amide bonds. The molecule has 3 atom stereocenters. The molecular formula is C21H23N5O10S2. The Kier molecular flexibility index (Phi) is 9.05. The number of ether oxygens (including phenoxy) is 2. The number of nitrogens with zero attached hydrogens (tertiary/aromatic N) is 3. The van der Waals surface area contributed by atoms with Gasteiger partial charge in [0.1, 0.15) is 42.4 Å². The van der Waals surface area contributed by atoms with Gasteiger partial charge in [0.05, 0.1) is 7.11 Å². The Balaban J connectivity index is 1.72. The number of hydrogen-bond donors (Lipinski definition) is 3. The zero-order chi connectivity index (χ0) is 28.1. The molecule has 0 aliphatic carbocycles. The maximum absolute atomic E-state index is 13.0. The first kappa shape index (κ1) is 28.6. The molecule has 204 valence electrons. The van der Waals surface area contributed by atoms with Crippen LogP contribution in [0.25, 0.3) is 0 Å². The van der Waals surface area contributed by atoms with Crippen LogP contribution in [0.2, 0.25) is 0 Å². The number of aromatic nitrogens is 1. The molecule has 0 spiro atoms. The predicted molar refractivity (Wildman–Crippen MR) is 132 cm³/mol. The highest BCUT2D eigenvalue weighted by Gasteiger charge is 2.54. The number of amides is 3. The Morgan fingerprint density at radius 1 is 1.29 bits per heavy atom. The second-order valence-electron chi connectivity index (χ2n) is 7.79. The molecule has 1 aromatic rings. The van der Waals surface area contributed by atoms with Crippen LogP contribution in [0.1, 0.15) is 19.5 Å². The smallest absolute Gasteiger partial charge is 0.352 e. The Morgan fingerprint density at radius 3 is 2.61 bits per heavy atom. The number of oxime groups is 1. The van der Waals surface area contributed by atoms with Crippen molar-refractivity contribution in [1.82, 2.24) is 15.2 Å². The van der Waals surface area contributed by atoms with Crippen molar-refractivity contribution in [3.8, 4) is 0 Å². The van der Waals surface area contributed by atoms with Crippen molar-refractivity contribution >= 4 is 69.6 Å². The minimum Gasteiger partial charge on any atom is -0.477 e. The number of anilines is 1. The number of hydrogen-bond acceptors (Lipinski definition) is 13. The molecule has 15 nitrogen and oxygen atoms in total. The van der Waals surface area contributed by atoms with Gasteiger partial charge in [0.2, 0.25) is 5.91 Å². The summed E-state index contributed by atoms with van der Waals surface area (Å²) in [5.41, 5.74) is -0.323. The molecule has 3 N–H and O–H groups in total. The standard InChI is InChI=1S/C21H23N5O10S2/c1-8(20(33)34-3)15(28)24-21-22-11(7-38-21)12(25-35-4)16(29)23-13-17(30)26-14(19(31)32)10(5-36-9(2)27)6-37-18(13)26/h7-8,13,18H,5-6H2,1-4H3,(H,23,29)(H,31,32)(H,22,24,28)/t8?,13-,18-/m1/s1. The van der Waals surface area contributed by atoms with Gasteiger partial charge < -0.3 is 30.1 Å². The first-order valence-corrected chi connectivity index (χ1v) is 12.7. The Bertz CT molecular complexity index is 1240. The van der Waals surface area contributed by atoms with E-state index >= 15 is 0 Å².